The smallest absolute Gasteiger partial charge is 0.161 e. The zero-order valence-corrected chi connectivity index (χ0v) is 12.7. The Labute approximate surface area is 126 Å². The molecule has 0 N–H and O–H groups in total. The summed E-state index contributed by atoms with van der Waals surface area (Å²) in [7, 11) is 3.23. The highest BCUT2D eigenvalue weighted by atomic mass is 35.5. The standard InChI is InChI=1S/C14H13ClN2O2S/c1-18-9-3-8(4-10(5-9)19-2)14-16-12-7-20-6-11(12)13(15)17-14/h3-5H,6-7H2,1-2H3. The first-order valence-corrected chi connectivity index (χ1v) is 7.61. The van der Waals surface area contributed by atoms with E-state index in [0.29, 0.717) is 22.5 Å². The van der Waals surface area contributed by atoms with Crippen molar-refractivity contribution in [1.82, 2.24) is 9.97 Å². The zero-order chi connectivity index (χ0) is 14.1. The number of halogens is 1. The number of aromatic nitrogens is 2. The largest absolute Gasteiger partial charge is 0.497 e. The second-order valence-corrected chi connectivity index (χ2v) is 5.70. The summed E-state index contributed by atoms with van der Waals surface area (Å²) >= 11 is 8.04. The van der Waals surface area contributed by atoms with Crippen LogP contribution in [0, 0.1) is 0 Å². The van der Waals surface area contributed by atoms with Gasteiger partial charge in [-0.05, 0) is 12.1 Å². The van der Waals surface area contributed by atoms with Gasteiger partial charge < -0.3 is 9.47 Å². The van der Waals surface area contributed by atoms with E-state index in [1.807, 2.05) is 18.2 Å². The molecule has 2 aromatic rings. The van der Waals surface area contributed by atoms with Crippen LogP contribution in [0.3, 0.4) is 0 Å². The SMILES string of the molecule is COc1cc(OC)cc(-c2nc(Cl)c3c(n2)CSC3)c1. The molecule has 0 atom stereocenters. The van der Waals surface area contributed by atoms with Crippen molar-refractivity contribution in [3.05, 3.63) is 34.6 Å². The van der Waals surface area contributed by atoms with Crippen molar-refractivity contribution in [3.63, 3.8) is 0 Å². The normalized spacial score (nSPS) is 13.2. The number of nitrogens with zero attached hydrogens (tertiary/aromatic N) is 2. The van der Waals surface area contributed by atoms with E-state index in [-0.39, 0.29) is 0 Å². The van der Waals surface area contributed by atoms with Gasteiger partial charge in [-0.15, -0.1) is 0 Å². The minimum absolute atomic E-state index is 0.539. The average molecular weight is 309 g/mol. The van der Waals surface area contributed by atoms with Gasteiger partial charge in [0.25, 0.3) is 0 Å². The molecule has 6 heteroatoms. The van der Waals surface area contributed by atoms with Crippen LogP contribution in [0.4, 0.5) is 0 Å². The highest BCUT2D eigenvalue weighted by molar-refractivity contribution is 7.98. The molecule has 3 rings (SSSR count). The topological polar surface area (TPSA) is 44.2 Å². The molecule has 0 aliphatic carbocycles. The third-order valence-electron chi connectivity index (χ3n) is 3.14. The molecule has 104 valence electrons. The first-order chi connectivity index (χ1) is 9.71. The van der Waals surface area contributed by atoms with Crippen molar-refractivity contribution >= 4 is 23.4 Å². The van der Waals surface area contributed by atoms with E-state index in [2.05, 4.69) is 9.97 Å². The Kier molecular flexibility index (Phi) is 3.72. The Hall–Kier alpha value is -1.46. The van der Waals surface area contributed by atoms with Crippen LogP contribution in [0.15, 0.2) is 18.2 Å². The van der Waals surface area contributed by atoms with Crippen LogP contribution >= 0.6 is 23.4 Å². The van der Waals surface area contributed by atoms with Crippen LogP contribution in [0.25, 0.3) is 11.4 Å². The minimum atomic E-state index is 0.539. The van der Waals surface area contributed by atoms with E-state index in [0.717, 1.165) is 28.3 Å². The molecule has 1 aliphatic heterocycles. The summed E-state index contributed by atoms with van der Waals surface area (Å²) in [5.74, 6) is 3.78. The van der Waals surface area contributed by atoms with E-state index in [9.17, 15) is 0 Å². The first kappa shape index (κ1) is 13.5. The molecule has 1 aromatic heterocycles. The summed E-state index contributed by atoms with van der Waals surface area (Å²) in [6.45, 7) is 0. The highest BCUT2D eigenvalue weighted by Crippen LogP contribution is 2.35. The first-order valence-electron chi connectivity index (χ1n) is 6.07. The minimum Gasteiger partial charge on any atom is -0.497 e. The number of ether oxygens (including phenoxy) is 2. The third-order valence-corrected chi connectivity index (χ3v) is 4.42. The second-order valence-electron chi connectivity index (χ2n) is 4.36. The number of fused-ring (bicyclic) bond motifs is 1. The maximum absolute atomic E-state index is 6.25. The molecule has 0 saturated carbocycles. The lowest BCUT2D eigenvalue weighted by molar-refractivity contribution is 0.394. The maximum Gasteiger partial charge on any atom is 0.161 e. The second kappa shape index (κ2) is 5.50. The van der Waals surface area contributed by atoms with Crippen LogP contribution < -0.4 is 9.47 Å². The Morgan fingerprint density at radius 1 is 1.05 bits per heavy atom. The summed E-state index contributed by atoms with van der Waals surface area (Å²) in [6.07, 6.45) is 0. The van der Waals surface area contributed by atoms with E-state index < -0.39 is 0 Å². The van der Waals surface area contributed by atoms with Gasteiger partial charge in [0, 0.05) is 28.7 Å². The van der Waals surface area contributed by atoms with Crippen molar-refractivity contribution in [2.24, 2.45) is 0 Å². The quantitative estimate of drug-likeness (QED) is 0.811. The monoisotopic (exact) mass is 308 g/mol. The van der Waals surface area contributed by atoms with Crippen molar-refractivity contribution in [2.45, 2.75) is 11.5 Å². The van der Waals surface area contributed by atoms with Crippen molar-refractivity contribution in [2.75, 3.05) is 14.2 Å². The van der Waals surface area contributed by atoms with Crippen LogP contribution in [-0.4, -0.2) is 24.2 Å². The van der Waals surface area contributed by atoms with Crippen molar-refractivity contribution in [1.29, 1.82) is 0 Å². The number of hydrogen-bond donors (Lipinski definition) is 0. The molecule has 2 heterocycles. The van der Waals surface area contributed by atoms with E-state index in [1.54, 1.807) is 26.0 Å². The summed E-state index contributed by atoms with van der Waals surface area (Å²) in [5.41, 5.74) is 2.91. The summed E-state index contributed by atoms with van der Waals surface area (Å²) < 4.78 is 10.5. The van der Waals surface area contributed by atoms with Gasteiger partial charge in [0.15, 0.2) is 5.82 Å². The fourth-order valence-corrected chi connectivity index (χ4v) is 3.45. The Morgan fingerprint density at radius 3 is 2.40 bits per heavy atom. The molecular weight excluding hydrogens is 296 g/mol. The number of benzene rings is 1. The lowest BCUT2D eigenvalue weighted by Crippen LogP contribution is -1.98. The van der Waals surface area contributed by atoms with E-state index in [1.165, 1.54) is 0 Å². The molecule has 4 nitrogen and oxygen atoms in total. The van der Waals surface area contributed by atoms with Gasteiger partial charge in [0.05, 0.1) is 19.9 Å². The van der Waals surface area contributed by atoms with Gasteiger partial charge in [-0.25, -0.2) is 9.97 Å². The van der Waals surface area contributed by atoms with Gasteiger partial charge in [-0.1, -0.05) is 11.6 Å². The Bertz CT molecular complexity index is 642. The predicted octanol–water partition coefficient (Wildman–Crippen LogP) is 3.56. The summed E-state index contributed by atoms with van der Waals surface area (Å²) in [4.78, 5) is 9.00. The highest BCUT2D eigenvalue weighted by Gasteiger charge is 2.19. The fourth-order valence-electron chi connectivity index (χ4n) is 2.08. The van der Waals surface area contributed by atoms with Gasteiger partial charge >= 0.3 is 0 Å². The molecule has 20 heavy (non-hydrogen) atoms. The lowest BCUT2D eigenvalue weighted by atomic mass is 10.1. The van der Waals surface area contributed by atoms with Gasteiger partial charge in [-0.2, -0.15) is 11.8 Å². The van der Waals surface area contributed by atoms with Gasteiger partial charge in [0.2, 0.25) is 0 Å². The summed E-state index contributed by atoms with van der Waals surface area (Å²) in [6, 6.07) is 5.57. The van der Waals surface area contributed by atoms with E-state index in [4.69, 9.17) is 21.1 Å². The molecule has 0 radical (unpaired) electrons. The van der Waals surface area contributed by atoms with E-state index >= 15 is 0 Å². The van der Waals surface area contributed by atoms with Crippen LogP contribution in [0.5, 0.6) is 11.5 Å². The number of hydrogen-bond acceptors (Lipinski definition) is 5. The molecule has 0 unspecified atom stereocenters. The summed E-state index contributed by atoms with van der Waals surface area (Å²) in [5, 5.41) is 0.539. The number of thioether (sulfide) groups is 1. The molecule has 1 aliphatic rings. The van der Waals surface area contributed by atoms with Crippen molar-refractivity contribution in [3.8, 4) is 22.9 Å². The Balaban J connectivity index is 2.11. The molecular formula is C14H13ClN2O2S. The number of rotatable bonds is 3. The Morgan fingerprint density at radius 2 is 1.75 bits per heavy atom. The van der Waals surface area contributed by atoms with Gasteiger partial charge in [-0.3, -0.25) is 0 Å². The average Bonchev–Trinajstić information content (AvgIpc) is 2.95. The van der Waals surface area contributed by atoms with Crippen molar-refractivity contribution < 1.29 is 9.47 Å². The van der Waals surface area contributed by atoms with Crippen LogP contribution in [0.1, 0.15) is 11.3 Å². The molecule has 1 aromatic carbocycles. The predicted molar refractivity (Wildman–Crippen MR) is 80.6 cm³/mol. The fraction of sp³-hybridized carbons (Fsp3) is 0.286. The molecule has 0 saturated heterocycles. The number of methoxy groups -OCH3 is 2. The van der Waals surface area contributed by atoms with Crippen LogP contribution in [0.2, 0.25) is 5.15 Å². The van der Waals surface area contributed by atoms with Gasteiger partial charge in [0.1, 0.15) is 16.7 Å². The lowest BCUT2D eigenvalue weighted by Gasteiger charge is -2.09. The molecule has 0 amide bonds. The van der Waals surface area contributed by atoms with Crippen LogP contribution in [-0.2, 0) is 11.5 Å². The zero-order valence-electron chi connectivity index (χ0n) is 11.1. The molecule has 0 bridgehead atoms. The molecule has 0 spiro atoms. The maximum atomic E-state index is 6.25. The molecule has 0 fully saturated rings. The third kappa shape index (κ3) is 2.43.